The molecule has 0 amide bonds. The number of aliphatic hydroxyl groups excluding tert-OH is 1. The summed E-state index contributed by atoms with van der Waals surface area (Å²) in [5.74, 6) is 1.17. The van der Waals surface area contributed by atoms with Crippen LogP contribution in [0.4, 0.5) is 5.82 Å². The summed E-state index contributed by atoms with van der Waals surface area (Å²) in [7, 11) is 0. The maximum Gasteiger partial charge on any atom is 0.129 e. The average molecular weight is 277 g/mol. The molecule has 1 aromatic heterocycles. The summed E-state index contributed by atoms with van der Waals surface area (Å²) in [5, 5.41) is 10.9. The number of pyridine rings is 1. The topological polar surface area (TPSA) is 68.4 Å². The van der Waals surface area contributed by atoms with Gasteiger partial charge in [-0.3, -0.25) is 0 Å². The predicted octanol–water partition coefficient (Wildman–Crippen LogP) is 2.33. The smallest absolute Gasteiger partial charge is 0.129 e. The predicted molar refractivity (Wildman–Crippen MR) is 73.4 cm³/mol. The van der Waals surface area contributed by atoms with Crippen LogP contribution >= 0.6 is 11.6 Å². The molecule has 19 heavy (non-hydrogen) atoms. The van der Waals surface area contributed by atoms with Gasteiger partial charge in [0, 0.05) is 18.2 Å². The van der Waals surface area contributed by atoms with Gasteiger partial charge >= 0.3 is 0 Å². The molecule has 1 aliphatic heterocycles. The van der Waals surface area contributed by atoms with Crippen LogP contribution in [0, 0.1) is 0 Å². The van der Waals surface area contributed by atoms with Crippen LogP contribution in [0.3, 0.4) is 0 Å². The van der Waals surface area contributed by atoms with Crippen molar-refractivity contribution in [3.8, 4) is 5.75 Å². The number of anilines is 1. The number of hydrogen-bond donors (Lipinski definition) is 2. The molecule has 0 fully saturated rings. The van der Waals surface area contributed by atoms with Crippen molar-refractivity contribution in [3.05, 3.63) is 52.2 Å². The van der Waals surface area contributed by atoms with Crippen molar-refractivity contribution < 1.29 is 9.84 Å². The number of nitrogens with two attached hydrogens (primary N) is 1. The highest BCUT2D eigenvalue weighted by Gasteiger charge is 2.18. The first-order valence-electron chi connectivity index (χ1n) is 6.00. The van der Waals surface area contributed by atoms with Gasteiger partial charge in [-0.2, -0.15) is 0 Å². The maximum atomic E-state index is 10.4. The maximum absolute atomic E-state index is 10.4. The van der Waals surface area contributed by atoms with Crippen molar-refractivity contribution in [1.29, 1.82) is 0 Å². The Balaban J connectivity index is 1.99. The van der Waals surface area contributed by atoms with E-state index in [9.17, 15) is 5.11 Å². The molecule has 5 heteroatoms. The van der Waals surface area contributed by atoms with E-state index in [0.717, 1.165) is 23.3 Å². The van der Waals surface area contributed by atoms with Crippen LogP contribution in [0.15, 0.2) is 30.5 Å². The van der Waals surface area contributed by atoms with Gasteiger partial charge in [-0.1, -0.05) is 17.7 Å². The van der Waals surface area contributed by atoms with Crippen molar-refractivity contribution in [2.75, 3.05) is 12.3 Å². The Labute approximate surface area is 115 Å². The minimum atomic E-state index is -0.836. The fourth-order valence-corrected chi connectivity index (χ4v) is 2.41. The number of aliphatic hydroxyl groups is 1. The van der Waals surface area contributed by atoms with Crippen LogP contribution < -0.4 is 10.5 Å². The van der Waals surface area contributed by atoms with E-state index < -0.39 is 6.10 Å². The molecule has 1 unspecified atom stereocenters. The summed E-state index contributed by atoms with van der Waals surface area (Å²) in [6.45, 7) is 0.690. The summed E-state index contributed by atoms with van der Waals surface area (Å²) in [6.07, 6.45) is 1.49. The van der Waals surface area contributed by atoms with Crippen LogP contribution in [0.2, 0.25) is 5.02 Å². The quantitative estimate of drug-likeness (QED) is 0.883. The normalized spacial score (nSPS) is 14.8. The number of benzene rings is 1. The third-order valence-corrected chi connectivity index (χ3v) is 3.45. The minimum Gasteiger partial charge on any atom is -0.493 e. The first-order chi connectivity index (χ1) is 9.15. The Morgan fingerprint density at radius 3 is 3.05 bits per heavy atom. The van der Waals surface area contributed by atoms with E-state index in [2.05, 4.69) is 4.98 Å². The molecular weight excluding hydrogens is 264 g/mol. The standard InChI is InChI=1S/C14H13ClN2O2/c15-10-6-11(14(16)17-7-10)13(18)9-1-2-12-8(5-9)3-4-19-12/h1-2,5-7,13,18H,3-4H2,(H2,16,17). The van der Waals surface area contributed by atoms with E-state index in [-0.39, 0.29) is 5.82 Å². The zero-order chi connectivity index (χ0) is 13.4. The Morgan fingerprint density at radius 1 is 1.37 bits per heavy atom. The zero-order valence-corrected chi connectivity index (χ0v) is 10.9. The lowest BCUT2D eigenvalue weighted by molar-refractivity contribution is 0.220. The monoisotopic (exact) mass is 276 g/mol. The third-order valence-electron chi connectivity index (χ3n) is 3.24. The van der Waals surface area contributed by atoms with Crippen molar-refractivity contribution in [3.63, 3.8) is 0 Å². The Hall–Kier alpha value is -1.78. The van der Waals surface area contributed by atoms with Crippen LogP contribution in [-0.4, -0.2) is 16.7 Å². The van der Waals surface area contributed by atoms with Crippen LogP contribution in [0.1, 0.15) is 22.8 Å². The molecule has 0 aliphatic carbocycles. The van der Waals surface area contributed by atoms with Crippen LogP contribution in [0.25, 0.3) is 0 Å². The van der Waals surface area contributed by atoms with E-state index >= 15 is 0 Å². The molecule has 0 saturated carbocycles. The van der Waals surface area contributed by atoms with Gasteiger partial charge in [0.15, 0.2) is 0 Å². The lowest BCUT2D eigenvalue weighted by atomic mass is 9.99. The highest BCUT2D eigenvalue weighted by molar-refractivity contribution is 6.30. The molecule has 0 saturated heterocycles. The number of halogens is 1. The van der Waals surface area contributed by atoms with Crippen LogP contribution in [-0.2, 0) is 6.42 Å². The van der Waals surface area contributed by atoms with E-state index in [1.165, 1.54) is 6.20 Å². The lowest BCUT2D eigenvalue weighted by Crippen LogP contribution is -2.05. The lowest BCUT2D eigenvalue weighted by Gasteiger charge is -2.14. The molecule has 2 heterocycles. The second kappa shape index (κ2) is 4.72. The molecule has 0 radical (unpaired) electrons. The zero-order valence-electron chi connectivity index (χ0n) is 10.1. The van der Waals surface area contributed by atoms with Crippen molar-refractivity contribution in [2.24, 2.45) is 0 Å². The summed E-state index contributed by atoms with van der Waals surface area (Å²) < 4.78 is 5.44. The van der Waals surface area contributed by atoms with Gasteiger partial charge in [0.2, 0.25) is 0 Å². The fourth-order valence-electron chi connectivity index (χ4n) is 2.24. The van der Waals surface area contributed by atoms with Gasteiger partial charge in [0.05, 0.1) is 11.6 Å². The number of hydrogen-bond acceptors (Lipinski definition) is 4. The Kier molecular flexibility index (Phi) is 3.05. The summed E-state index contributed by atoms with van der Waals surface area (Å²) in [4.78, 5) is 3.96. The molecule has 3 rings (SSSR count). The molecule has 0 spiro atoms. The van der Waals surface area contributed by atoms with Crippen LogP contribution in [0.5, 0.6) is 5.75 Å². The van der Waals surface area contributed by atoms with Crippen molar-refractivity contribution in [2.45, 2.75) is 12.5 Å². The molecule has 1 aliphatic rings. The number of ether oxygens (including phenoxy) is 1. The van der Waals surface area contributed by atoms with Crippen molar-refractivity contribution >= 4 is 17.4 Å². The fraction of sp³-hybridized carbons (Fsp3) is 0.214. The summed E-state index contributed by atoms with van der Waals surface area (Å²) in [6, 6.07) is 7.27. The first-order valence-corrected chi connectivity index (χ1v) is 6.37. The second-order valence-corrected chi connectivity index (χ2v) is 4.93. The van der Waals surface area contributed by atoms with Gasteiger partial charge in [0.1, 0.15) is 17.7 Å². The molecule has 4 nitrogen and oxygen atoms in total. The van der Waals surface area contributed by atoms with E-state index in [1.54, 1.807) is 6.07 Å². The van der Waals surface area contributed by atoms with Gasteiger partial charge in [-0.05, 0) is 29.3 Å². The Morgan fingerprint density at radius 2 is 2.21 bits per heavy atom. The minimum absolute atomic E-state index is 0.286. The number of nitrogen functional groups attached to an aromatic ring is 1. The summed E-state index contributed by atoms with van der Waals surface area (Å²) >= 11 is 5.89. The molecule has 2 aromatic rings. The van der Waals surface area contributed by atoms with Gasteiger partial charge < -0.3 is 15.6 Å². The third kappa shape index (κ3) is 2.25. The van der Waals surface area contributed by atoms with E-state index in [1.807, 2.05) is 18.2 Å². The molecule has 1 aromatic carbocycles. The van der Waals surface area contributed by atoms with Gasteiger partial charge in [-0.25, -0.2) is 4.98 Å². The highest BCUT2D eigenvalue weighted by Crippen LogP contribution is 2.32. The Bertz CT molecular complexity index is 631. The molecule has 98 valence electrons. The molecular formula is C14H13ClN2O2. The number of fused-ring (bicyclic) bond motifs is 1. The second-order valence-electron chi connectivity index (χ2n) is 4.50. The van der Waals surface area contributed by atoms with Gasteiger partial charge in [0.25, 0.3) is 0 Å². The molecule has 0 bridgehead atoms. The van der Waals surface area contributed by atoms with E-state index in [4.69, 9.17) is 22.1 Å². The van der Waals surface area contributed by atoms with E-state index in [0.29, 0.717) is 17.2 Å². The van der Waals surface area contributed by atoms with Crippen molar-refractivity contribution in [1.82, 2.24) is 4.98 Å². The average Bonchev–Trinajstić information content (AvgIpc) is 2.88. The summed E-state index contributed by atoms with van der Waals surface area (Å²) in [5.41, 5.74) is 8.17. The van der Waals surface area contributed by atoms with Gasteiger partial charge in [-0.15, -0.1) is 0 Å². The molecule has 3 N–H and O–H groups in total. The highest BCUT2D eigenvalue weighted by atomic mass is 35.5. The number of aromatic nitrogens is 1. The number of rotatable bonds is 2. The number of nitrogens with zero attached hydrogens (tertiary/aromatic N) is 1. The SMILES string of the molecule is Nc1ncc(Cl)cc1C(O)c1ccc2c(c1)CCO2. The molecule has 1 atom stereocenters. The first kappa shape index (κ1) is 12.3. The largest absolute Gasteiger partial charge is 0.493 e.